The Hall–Kier alpha value is -0.960. The summed E-state index contributed by atoms with van der Waals surface area (Å²) in [5.74, 6) is 0.415. The molecule has 9 heteroatoms. The number of nitrogens with zero attached hydrogens (tertiary/aromatic N) is 1. The molecule has 1 heterocycles. The van der Waals surface area contributed by atoms with Crippen LogP contribution in [0.15, 0.2) is 0 Å². The van der Waals surface area contributed by atoms with Crippen LogP contribution < -0.4 is 10.6 Å². The third kappa shape index (κ3) is 6.15. The third-order valence-electron chi connectivity index (χ3n) is 2.46. The first-order valence-corrected chi connectivity index (χ1v) is 6.84. The molecule has 110 valence electrons. The molecule has 1 aliphatic rings. The molecule has 1 saturated heterocycles. The van der Waals surface area contributed by atoms with Crippen molar-refractivity contribution in [1.82, 2.24) is 15.5 Å². The van der Waals surface area contributed by atoms with Gasteiger partial charge in [-0.25, -0.2) is 0 Å². The number of carbonyl (C=O) groups is 2. The Kier molecular flexibility index (Phi) is 5.92. The fourth-order valence-corrected chi connectivity index (χ4v) is 2.46. The number of nitrogens with one attached hydrogen (secondary N) is 2. The summed E-state index contributed by atoms with van der Waals surface area (Å²) in [6.07, 6.45) is -4.44. The Morgan fingerprint density at radius 3 is 2.68 bits per heavy atom. The van der Waals surface area contributed by atoms with E-state index in [9.17, 15) is 22.8 Å². The van der Waals surface area contributed by atoms with E-state index >= 15 is 0 Å². The first-order chi connectivity index (χ1) is 8.79. The van der Waals surface area contributed by atoms with Gasteiger partial charge in [-0.3, -0.25) is 9.59 Å². The van der Waals surface area contributed by atoms with Gasteiger partial charge in [0.15, 0.2) is 0 Å². The number of carbonyl (C=O) groups excluding carboxylic acids is 2. The number of alkyl halides is 3. The average Bonchev–Trinajstić information content (AvgIpc) is 2.35. The van der Waals surface area contributed by atoms with Gasteiger partial charge in [0, 0.05) is 25.1 Å². The SMILES string of the molecule is CN(CC(=O)NCC(F)(F)F)C(=O)C1CSCCN1. The lowest BCUT2D eigenvalue weighted by Gasteiger charge is -2.26. The molecule has 0 aromatic heterocycles. The predicted molar refractivity (Wildman–Crippen MR) is 65.8 cm³/mol. The van der Waals surface area contributed by atoms with E-state index in [-0.39, 0.29) is 18.5 Å². The minimum atomic E-state index is -4.44. The number of hydrogen-bond donors (Lipinski definition) is 2. The molecule has 0 aliphatic carbocycles. The third-order valence-corrected chi connectivity index (χ3v) is 3.52. The van der Waals surface area contributed by atoms with Gasteiger partial charge in [0.25, 0.3) is 0 Å². The van der Waals surface area contributed by atoms with Crippen LogP contribution in [0.2, 0.25) is 0 Å². The second kappa shape index (κ2) is 6.99. The van der Waals surface area contributed by atoms with E-state index in [1.165, 1.54) is 7.05 Å². The molecule has 0 bridgehead atoms. The first kappa shape index (κ1) is 16.1. The van der Waals surface area contributed by atoms with Crippen molar-refractivity contribution in [1.29, 1.82) is 0 Å². The molecule has 1 rings (SSSR count). The van der Waals surface area contributed by atoms with Crippen molar-refractivity contribution in [2.75, 3.05) is 38.2 Å². The maximum atomic E-state index is 11.9. The maximum absolute atomic E-state index is 11.9. The molecule has 1 atom stereocenters. The van der Waals surface area contributed by atoms with E-state index in [2.05, 4.69) is 5.32 Å². The number of amides is 2. The summed E-state index contributed by atoms with van der Waals surface area (Å²) >= 11 is 1.62. The molecular weight excluding hydrogens is 283 g/mol. The summed E-state index contributed by atoms with van der Waals surface area (Å²) in [7, 11) is 1.40. The summed E-state index contributed by atoms with van der Waals surface area (Å²) in [4.78, 5) is 24.3. The molecule has 0 saturated carbocycles. The summed E-state index contributed by atoms with van der Waals surface area (Å²) in [5, 5.41) is 4.73. The first-order valence-electron chi connectivity index (χ1n) is 5.69. The molecular formula is C10H16F3N3O2S. The van der Waals surface area contributed by atoms with E-state index in [4.69, 9.17) is 0 Å². The van der Waals surface area contributed by atoms with Gasteiger partial charge in [0.1, 0.15) is 6.54 Å². The zero-order valence-corrected chi connectivity index (χ0v) is 11.2. The van der Waals surface area contributed by atoms with Gasteiger partial charge < -0.3 is 15.5 Å². The van der Waals surface area contributed by atoms with Crippen molar-refractivity contribution in [3.63, 3.8) is 0 Å². The number of halogens is 3. The molecule has 2 amide bonds. The van der Waals surface area contributed by atoms with Crippen LogP contribution >= 0.6 is 11.8 Å². The summed E-state index contributed by atoms with van der Waals surface area (Å²) < 4.78 is 35.7. The van der Waals surface area contributed by atoms with Gasteiger partial charge in [-0.2, -0.15) is 24.9 Å². The van der Waals surface area contributed by atoms with Gasteiger partial charge in [-0.1, -0.05) is 0 Å². The highest BCUT2D eigenvalue weighted by atomic mass is 32.2. The van der Waals surface area contributed by atoms with Crippen LogP contribution in [0.5, 0.6) is 0 Å². The summed E-state index contributed by atoms with van der Waals surface area (Å²) in [5.41, 5.74) is 0. The monoisotopic (exact) mass is 299 g/mol. The van der Waals surface area contributed by atoms with Crippen molar-refractivity contribution in [3.8, 4) is 0 Å². The van der Waals surface area contributed by atoms with E-state index < -0.39 is 18.6 Å². The van der Waals surface area contributed by atoms with E-state index in [1.807, 2.05) is 0 Å². The number of likely N-dealkylation sites (N-methyl/N-ethyl adjacent to an activating group) is 1. The molecule has 1 aliphatic heterocycles. The van der Waals surface area contributed by atoms with E-state index in [0.717, 1.165) is 10.7 Å². The van der Waals surface area contributed by atoms with Gasteiger partial charge >= 0.3 is 6.18 Å². The molecule has 2 N–H and O–H groups in total. The van der Waals surface area contributed by atoms with Crippen molar-refractivity contribution in [2.45, 2.75) is 12.2 Å². The van der Waals surface area contributed by atoms with Crippen LogP contribution in [0, 0.1) is 0 Å². The molecule has 0 radical (unpaired) electrons. The van der Waals surface area contributed by atoms with E-state index in [1.54, 1.807) is 17.1 Å². The molecule has 0 aromatic rings. The highest BCUT2D eigenvalue weighted by molar-refractivity contribution is 7.99. The van der Waals surface area contributed by atoms with Crippen LogP contribution in [-0.2, 0) is 9.59 Å². The molecule has 0 aromatic carbocycles. The van der Waals surface area contributed by atoms with Gasteiger partial charge in [0.05, 0.1) is 12.6 Å². The molecule has 19 heavy (non-hydrogen) atoms. The zero-order valence-electron chi connectivity index (χ0n) is 10.4. The van der Waals surface area contributed by atoms with Crippen LogP contribution in [0.3, 0.4) is 0 Å². The minimum Gasteiger partial charge on any atom is -0.345 e. The summed E-state index contributed by atoms with van der Waals surface area (Å²) in [6.45, 7) is -1.06. The fourth-order valence-electron chi connectivity index (χ4n) is 1.54. The Balaban J connectivity index is 2.34. The van der Waals surface area contributed by atoms with Crippen LogP contribution in [-0.4, -0.2) is 67.1 Å². The van der Waals surface area contributed by atoms with Gasteiger partial charge in [0.2, 0.25) is 11.8 Å². The standard InChI is InChI=1S/C10H16F3N3O2S/c1-16(4-8(17)15-6-10(11,12)13)9(18)7-5-19-3-2-14-7/h7,14H,2-6H2,1H3,(H,15,17). The Bertz CT molecular complexity index is 332. The average molecular weight is 299 g/mol. The molecule has 5 nitrogen and oxygen atoms in total. The Morgan fingerprint density at radius 1 is 1.47 bits per heavy atom. The fraction of sp³-hybridized carbons (Fsp3) is 0.800. The molecule has 1 unspecified atom stereocenters. The van der Waals surface area contributed by atoms with Gasteiger partial charge in [-0.05, 0) is 0 Å². The number of rotatable bonds is 4. The lowest BCUT2D eigenvalue weighted by atomic mass is 10.3. The predicted octanol–water partition coefficient (Wildman–Crippen LogP) is -0.172. The van der Waals surface area contributed by atoms with E-state index in [0.29, 0.717) is 12.3 Å². The maximum Gasteiger partial charge on any atom is 0.405 e. The van der Waals surface area contributed by atoms with Crippen LogP contribution in [0.1, 0.15) is 0 Å². The normalized spacial score (nSPS) is 19.9. The Morgan fingerprint density at radius 2 is 2.16 bits per heavy atom. The van der Waals surface area contributed by atoms with Crippen molar-refractivity contribution < 1.29 is 22.8 Å². The van der Waals surface area contributed by atoms with Crippen molar-refractivity contribution >= 4 is 23.6 Å². The summed E-state index contributed by atoms with van der Waals surface area (Å²) in [6, 6.07) is -0.376. The lowest BCUT2D eigenvalue weighted by molar-refractivity contribution is -0.142. The smallest absolute Gasteiger partial charge is 0.345 e. The number of hydrogen-bond acceptors (Lipinski definition) is 4. The topological polar surface area (TPSA) is 61.4 Å². The van der Waals surface area contributed by atoms with Crippen molar-refractivity contribution in [3.05, 3.63) is 0 Å². The highest BCUT2D eigenvalue weighted by Gasteiger charge is 2.29. The molecule has 0 spiro atoms. The van der Waals surface area contributed by atoms with Crippen LogP contribution in [0.25, 0.3) is 0 Å². The van der Waals surface area contributed by atoms with Gasteiger partial charge in [-0.15, -0.1) is 0 Å². The highest BCUT2D eigenvalue weighted by Crippen LogP contribution is 2.12. The number of thioether (sulfide) groups is 1. The zero-order chi connectivity index (χ0) is 14.5. The van der Waals surface area contributed by atoms with Crippen LogP contribution in [0.4, 0.5) is 13.2 Å². The van der Waals surface area contributed by atoms with Crippen molar-refractivity contribution in [2.24, 2.45) is 0 Å². The quantitative estimate of drug-likeness (QED) is 0.756. The largest absolute Gasteiger partial charge is 0.405 e. The Labute approximate surface area is 113 Å². The molecule has 1 fully saturated rings. The minimum absolute atomic E-state index is 0.283. The second-order valence-electron chi connectivity index (χ2n) is 4.17. The second-order valence-corrected chi connectivity index (χ2v) is 5.32. The lowest BCUT2D eigenvalue weighted by Crippen LogP contribution is -2.51.